The van der Waals surface area contributed by atoms with Crippen molar-refractivity contribution in [2.75, 3.05) is 5.75 Å². The average Bonchev–Trinajstić information content (AvgIpc) is 3.04. The Labute approximate surface area is 162 Å². The Bertz CT molecular complexity index is 869. The van der Waals surface area contributed by atoms with E-state index in [2.05, 4.69) is 25.9 Å². The van der Waals surface area contributed by atoms with E-state index in [-0.39, 0.29) is 5.78 Å². The third kappa shape index (κ3) is 4.57. The van der Waals surface area contributed by atoms with Gasteiger partial charge in [0, 0.05) is 17.3 Å². The molecular formula is C17H14BrClN2OS2. The summed E-state index contributed by atoms with van der Waals surface area (Å²) >= 11 is 12.8. The number of carbonyl (C=O) groups excluding carboxylic acids is 1. The second kappa shape index (κ2) is 8.43. The van der Waals surface area contributed by atoms with Gasteiger partial charge in [-0.3, -0.25) is 4.79 Å². The summed E-state index contributed by atoms with van der Waals surface area (Å²) in [6.07, 6.45) is 3.43. The topological polar surface area (TPSA) is 42.9 Å². The van der Waals surface area contributed by atoms with Crippen LogP contribution in [0.3, 0.4) is 0 Å². The van der Waals surface area contributed by atoms with Gasteiger partial charge in [0.05, 0.1) is 15.2 Å². The van der Waals surface area contributed by atoms with E-state index in [0.29, 0.717) is 17.9 Å². The van der Waals surface area contributed by atoms with Gasteiger partial charge >= 0.3 is 0 Å². The molecule has 124 valence electrons. The first kappa shape index (κ1) is 17.9. The minimum Gasteiger partial charge on any atom is -0.299 e. The number of halogens is 2. The predicted octanol–water partition coefficient (Wildman–Crippen LogP) is 5.79. The van der Waals surface area contributed by atoms with Crippen LogP contribution in [0.15, 0.2) is 45.5 Å². The van der Waals surface area contributed by atoms with E-state index >= 15 is 0 Å². The molecule has 0 aliphatic rings. The molecule has 0 radical (unpaired) electrons. The van der Waals surface area contributed by atoms with Crippen molar-refractivity contribution in [2.24, 2.45) is 0 Å². The van der Waals surface area contributed by atoms with Crippen LogP contribution in [0, 0.1) is 0 Å². The van der Waals surface area contributed by atoms with Crippen molar-refractivity contribution < 1.29 is 4.79 Å². The molecule has 0 aliphatic heterocycles. The number of thioether (sulfide) groups is 1. The van der Waals surface area contributed by atoms with Crippen molar-refractivity contribution in [2.45, 2.75) is 24.3 Å². The number of carbonyl (C=O) groups is 1. The minimum atomic E-state index is 0.234. The van der Waals surface area contributed by atoms with Crippen LogP contribution in [-0.4, -0.2) is 21.5 Å². The Morgan fingerprint density at radius 1 is 1.29 bits per heavy atom. The van der Waals surface area contributed by atoms with Crippen molar-refractivity contribution in [3.63, 3.8) is 0 Å². The number of hydrogen-bond donors (Lipinski definition) is 0. The number of aromatic nitrogens is 2. The molecule has 0 atom stereocenters. The van der Waals surface area contributed by atoms with Crippen molar-refractivity contribution in [3.8, 4) is 0 Å². The molecule has 24 heavy (non-hydrogen) atoms. The molecule has 0 N–H and O–H groups in total. The van der Waals surface area contributed by atoms with Crippen LogP contribution in [0.25, 0.3) is 10.2 Å². The fourth-order valence-electron chi connectivity index (χ4n) is 2.27. The van der Waals surface area contributed by atoms with Crippen LogP contribution in [0.5, 0.6) is 0 Å². The molecule has 0 unspecified atom stereocenters. The number of ketones is 1. The number of rotatable bonds is 7. The van der Waals surface area contributed by atoms with Crippen molar-refractivity contribution >= 4 is 66.6 Å². The Hall–Kier alpha value is -0.950. The molecule has 2 aromatic heterocycles. The first-order valence-electron chi connectivity index (χ1n) is 7.40. The van der Waals surface area contributed by atoms with Gasteiger partial charge in [0.15, 0.2) is 0 Å². The first-order chi connectivity index (χ1) is 11.6. The zero-order valence-corrected chi connectivity index (χ0v) is 16.6. The standard InChI is InChI=1S/C17H14BrClN2OS2/c18-13-4-3-11(9-14(13)19)8-12(22)2-1-6-24-17-16-15(5-7-23-16)20-10-21-17/h3-5,7,9-10H,1-2,6,8H2. The highest BCUT2D eigenvalue weighted by molar-refractivity contribution is 9.10. The summed E-state index contributed by atoms with van der Waals surface area (Å²) in [4.78, 5) is 20.7. The molecule has 2 heterocycles. The molecule has 3 aromatic rings. The van der Waals surface area contributed by atoms with Gasteiger partial charge in [-0.2, -0.15) is 0 Å². The van der Waals surface area contributed by atoms with Crippen LogP contribution >= 0.6 is 50.6 Å². The highest BCUT2D eigenvalue weighted by Crippen LogP contribution is 2.29. The number of benzene rings is 1. The fraction of sp³-hybridized carbons (Fsp3) is 0.235. The normalized spacial score (nSPS) is 11.1. The van der Waals surface area contributed by atoms with E-state index in [1.807, 2.05) is 29.6 Å². The minimum absolute atomic E-state index is 0.234. The summed E-state index contributed by atoms with van der Waals surface area (Å²) in [5.41, 5.74) is 1.94. The number of thiophene rings is 1. The molecule has 1 aromatic carbocycles. The molecular weight excluding hydrogens is 428 g/mol. The Balaban J connectivity index is 1.47. The fourth-order valence-corrected chi connectivity index (χ4v) is 4.61. The van der Waals surface area contributed by atoms with Gasteiger partial charge in [0.1, 0.15) is 17.1 Å². The predicted molar refractivity (Wildman–Crippen MR) is 105 cm³/mol. The first-order valence-corrected chi connectivity index (χ1v) is 10.4. The van der Waals surface area contributed by atoms with Gasteiger partial charge in [-0.1, -0.05) is 17.7 Å². The highest BCUT2D eigenvalue weighted by Gasteiger charge is 2.08. The SMILES string of the molecule is O=C(CCCSc1ncnc2ccsc12)Cc1ccc(Br)c(Cl)c1. The number of hydrogen-bond acceptors (Lipinski definition) is 5. The second-order valence-corrected chi connectivity index (χ2v) is 8.49. The lowest BCUT2D eigenvalue weighted by Gasteiger charge is -2.04. The number of nitrogens with zero attached hydrogens (tertiary/aromatic N) is 2. The van der Waals surface area contributed by atoms with E-state index in [0.717, 1.165) is 37.5 Å². The summed E-state index contributed by atoms with van der Waals surface area (Å²) in [6.45, 7) is 0. The molecule has 0 saturated carbocycles. The van der Waals surface area contributed by atoms with Crippen molar-refractivity contribution in [1.82, 2.24) is 9.97 Å². The third-order valence-electron chi connectivity index (χ3n) is 3.43. The highest BCUT2D eigenvalue weighted by atomic mass is 79.9. The Morgan fingerprint density at radius 2 is 2.17 bits per heavy atom. The van der Waals surface area contributed by atoms with E-state index in [9.17, 15) is 4.79 Å². The molecule has 7 heteroatoms. The lowest BCUT2D eigenvalue weighted by molar-refractivity contribution is -0.118. The van der Waals surface area contributed by atoms with Gasteiger partial charge in [-0.25, -0.2) is 9.97 Å². The maximum Gasteiger partial charge on any atom is 0.137 e. The van der Waals surface area contributed by atoms with E-state index in [1.165, 1.54) is 0 Å². The lowest BCUT2D eigenvalue weighted by atomic mass is 10.1. The van der Waals surface area contributed by atoms with Crippen LogP contribution in [-0.2, 0) is 11.2 Å². The van der Waals surface area contributed by atoms with Crippen LogP contribution < -0.4 is 0 Å². The molecule has 3 rings (SSSR count). The molecule has 3 nitrogen and oxygen atoms in total. The summed E-state index contributed by atoms with van der Waals surface area (Å²) in [6, 6.07) is 7.64. The van der Waals surface area contributed by atoms with Crippen LogP contribution in [0.4, 0.5) is 0 Å². The largest absolute Gasteiger partial charge is 0.299 e. The van der Waals surface area contributed by atoms with Crippen molar-refractivity contribution in [1.29, 1.82) is 0 Å². The Morgan fingerprint density at radius 3 is 3.00 bits per heavy atom. The smallest absolute Gasteiger partial charge is 0.137 e. The Kier molecular flexibility index (Phi) is 6.27. The van der Waals surface area contributed by atoms with Crippen LogP contribution in [0.2, 0.25) is 5.02 Å². The molecule has 0 fully saturated rings. The van der Waals surface area contributed by atoms with Gasteiger partial charge in [0.2, 0.25) is 0 Å². The summed E-state index contributed by atoms with van der Waals surface area (Å²) < 4.78 is 1.97. The molecule has 0 amide bonds. The maximum atomic E-state index is 12.1. The second-order valence-electron chi connectivity index (χ2n) is 5.23. The van der Waals surface area contributed by atoms with E-state index in [4.69, 9.17) is 11.6 Å². The van der Waals surface area contributed by atoms with E-state index < -0.39 is 0 Å². The van der Waals surface area contributed by atoms with Gasteiger partial charge in [-0.15, -0.1) is 23.1 Å². The lowest BCUT2D eigenvalue weighted by Crippen LogP contribution is -2.03. The number of fused-ring (bicyclic) bond motifs is 1. The van der Waals surface area contributed by atoms with Gasteiger partial charge in [0.25, 0.3) is 0 Å². The van der Waals surface area contributed by atoms with E-state index in [1.54, 1.807) is 29.4 Å². The summed E-state index contributed by atoms with van der Waals surface area (Å²) in [5.74, 6) is 1.11. The molecule has 0 spiro atoms. The van der Waals surface area contributed by atoms with Crippen molar-refractivity contribution in [3.05, 3.63) is 51.0 Å². The quantitative estimate of drug-likeness (QED) is 0.264. The summed E-state index contributed by atoms with van der Waals surface area (Å²) in [7, 11) is 0. The zero-order chi connectivity index (χ0) is 16.9. The zero-order valence-electron chi connectivity index (χ0n) is 12.7. The monoisotopic (exact) mass is 440 g/mol. The average molecular weight is 442 g/mol. The maximum absolute atomic E-state index is 12.1. The summed E-state index contributed by atoms with van der Waals surface area (Å²) in [5, 5.41) is 3.66. The van der Waals surface area contributed by atoms with Gasteiger partial charge < -0.3 is 0 Å². The number of Topliss-reactive ketones (excluding diaryl/α,β-unsaturated/α-hetero) is 1. The van der Waals surface area contributed by atoms with Gasteiger partial charge in [-0.05, 0) is 57.2 Å². The third-order valence-corrected chi connectivity index (χ3v) is 6.78. The van der Waals surface area contributed by atoms with Crippen LogP contribution in [0.1, 0.15) is 18.4 Å². The molecule has 0 saturated heterocycles. The molecule has 0 aliphatic carbocycles. The molecule has 0 bridgehead atoms.